The summed E-state index contributed by atoms with van der Waals surface area (Å²) in [7, 11) is 0. The molecule has 0 bridgehead atoms. The van der Waals surface area contributed by atoms with E-state index < -0.39 is 59.9 Å². The van der Waals surface area contributed by atoms with Gasteiger partial charge in [-0.25, -0.2) is 18.2 Å². The molecule has 12 heteroatoms. The second-order valence-corrected chi connectivity index (χ2v) is 11.5. The van der Waals surface area contributed by atoms with Crippen LogP contribution in [0.25, 0.3) is 0 Å². The van der Waals surface area contributed by atoms with Crippen molar-refractivity contribution in [2.45, 2.75) is 62.1 Å². The summed E-state index contributed by atoms with van der Waals surface area (Å²) < 4.78 is 42.4. The number of rotatable bonds is 6. The van der Waals surface area contributed by atoms with Crippen LogP contribution in [0, 0.1) is 17.1 Å². The van der Waals surface area contributed by atoms with Gasteiger partial charge in [-0.1, -0.05) is 35.9 Å². The third-order valence-electron chi connectivity index (χ3n) is 8.35. The van der Waals surface area contributed by atoms with Crippen LogP contribution < -0.4 is 15.1 Å². The summed E-state index contributed by atoms with van der Waals surface area (Å²) in [5, 5.41) is 12.1. The minimum atomic E-state index is -2.90. The molecule has 0 spiro atoms. The Labute approximate surface area is 250 Å². The zero-order valence-electron chi connectivity index (χ0n) is 22.7. The molecular weight excluding hydrogens is 583 g/mol. The number of aromatic nitrogens is 1. The summed E-state index contributed by atoms with van der Waals surface area (Å²) in [6.45, 7) is 0. The molecule has 2 aromatic carbocycles. The number of carbonyl (C=O) groups excluding carboxylic acids is 3. The number of fused-ring (bicyclic) bond motifs is 1. The van der Waals surface area contributed by atoms with Crippen LogP contribution >= 0.6 is 11.6 Å². The lowest BCUT2D eigenvalue weighted by Crippen LogP contribution is -2.64. The molecular formula is C31H25ClF3N5O3. The molecule has 8 nitrogen and oxygen atoms in total. The van der Waals surface area contributed by atoms with Crippen LogP contribution in [0.3, 0.4) is 0 Å². The van der Waals surface area contributed by atoms with Gasteiger partial charge in [0.2, 0.25) is 5.91 Å². The summed E-state index contributed by atoms with van der Waals surface area (Å²) in [6, 6.07) is 13.3. The number of halogens is 4. The van der Waals surface area contributed by atoms with Gasteiger partial charge in [0.15, 0.2) is 5.54 Å². The summed E-state index contributed by atoms with van der Waals surface area (Å²) in [4.78, 5) is 48.9. The maximum absolute atomic E-state index is 14.9. The molecule has 1 aromatic heterocycles. The molecule has 2 heterocycles. The van der Waals surface area contributed by atoms with E-state index in [9.17, 15) is 32.8 Å². The maximum Gasteiger partial charge on any atom is 0.252 e. The zero-order valence-corrected chi connectivity index (χ0v) is 23.5. The van der Waals surface area contributed by atoms with Crippen molar-refractivity contribution in [3.05, 3.63) is 88.3 Å². The molecule has 3 aliphatic rings. The van der Waals surface area contributed by atoms with Gasteiger partial charge in [-0.05, 0) is 60.7 Å². The van der Waals surface area contributed by atoms with Crippen LogP contribution in [0.4, 0.5) is 24.7 Å². The van der Waals surface area contributed by atoms with Crippen LogP contribution in [0.1, 0.15) is 48.8 Å². The van der Waals surface area contributed by atoms with E-state index in [0.717, 1.165) is 17.7 Å². The van der Waals surface area contributed by atoms with Crippen LogP contribution in [-0.2, 0) is 26.3 Å². The van der Waals surface area contributed by atoms with E-state index >= 15 is 0 Å². The van der Waals surface area contributed by atoms with E-state index in [1.165, 1.54) is 34.2 Å². The minimum Gasteiger partial charge on any atom is -0.351 e. The number of aryl methyl sites for hydroxylation is 1. The first-order valence-corrected chi connectivity index (χ1v) is 14.2. The van der Waals surface area contributed by atoms with Crippen LogP contribution in [0.2, 0.25) is 5.02 Å². The van der Waals surface area contributed by atoms with E-state index in [0.29, 0.717) is 12.0 Å². The number of alkyl halides is 2. The Morgan fingerprint density at radius 1 is 1.12 bits per heavy atom. The Kier molecular flexibility index (Phi) is 7.13. The third-order valence-corrected chi connectivity index (χ3v) is 8.56. The van der Waals surface area contributed by atoms with Crippen molar-refractivity contribution in [1.82, 2.24) is 10.3 Å². The van der Waals surface area contributed by atoms with Gasteiger partial charge in [0.05, 0.1) is 11.6 Å². The lowest BCUT2D eigenvalue weighted by Gasteiger charge is -2.45. The normalized spacial score (nSPS) is 22.4. The number of nitriles is 1. The number of hydrogen-bond acceptors (Lipinski definition) is 5. The van der Waals surface area contributed by atoms with Gasteiger partial charge in [-0.3, -0.25) is 24.2 Å². The molecule has 1 N–H and O–H groups in total. The van der Waals surface area contributed by atoms with Crippen molar-refractivity contribution in [3.8, 4) is 6.07 Å². The fourth-order valence-electron chi connectivity index (χ4n) is 6.41. The van der Waals surface area contributed by atoms with Crippen molar-refractivity contribution in [1.29, 1.82) is 5.26 Å². The lowest BCUT2D eigenvalue weighted by molar-refractivity contribution is -0.137. The van der Waals surface area contributed by atoms with Gasteiger partial charge < -0.3 is 5.32 Å². The summed E-state index contributed by atoms with van der Waals surface area (Å²) in [5.74, 6) is -5.39. The highest BCUT2D eigenvalue weighted by Gasteiger charge is 2.57. The lowest BCUT2D eigenvalue weighted by atomic mass is 9.83. The smallest absolute Gasteiger partial charge is 0.252 e. The molecule has 3 amide bonds. The predicted octanol–water partition coefficient (Wildman–Crippen LogP) is 5.03. The molecule has 6 rings (SSSR count). The minimum absolute atomic E-state index is 0.0143. The monoisotopic (exact) mass is 607 g/mol. The first kappa shape index (κ1) is 28.7. The summed E-state index contributed by atoms with van der Waals surface area (Å²) in [6.07, 6.45) is 0.759. The van der Waals surface area contributed by atoms with Gasteiger partial charge in [-0.2, -0.15) is 5.26 Å². The van der Waals surface area contributed by atoms with Gasteiger partial charge in [0.25, 0.3) is 17.7 Å². The Morgan fingerprint density at radius 3 is 2.60 bits per heavy atom. The number of amides is 3. The van der Waals surface area contributed by atoms with Crippen LogP contribution in [-0.4, -0.2) is 40.7 Å². The number of anilines is 2. The van der Waals surface area contributed by atoms with Gasteiger partial charge >= 0.3 is 0 Å². The van der Waals surface area contributed by atoms with Crippen molar-refractivity contribution in [2.24, 2.45) is 0 Å². The molecule has 2 fully saturated rings. The Morgan fingerprint density at radius 2 is 1.88 bits per heavy atom. The Balaban J connectivity index is 1.51. The predicted molar refractivity (Wildman–Crippen MR) is 151 cm³/mol. The molecule has 1 aliphatic heterocycles. The molecule has 43 heavy (non-hydrogen) atoms. The van der Waals surface area contributed by atoms with E-state index in [-0.39, 0.29) is 41.4 Å². The fourth-order valence-corrected chi connectivity index (χ4v) is 6.62. The van der Waals surface area contributed by atoms with Crippen LogP contribution in [0.5, 0.6) is 0 Å². The number of hydrogen-bond donors (Lipinski definition) is 1. The molecule has 0 radical (unpaired) electrons. The van der Waals surface area contributed by atoms with Crippen molar-refractivity contribution in [2.75, 3.05) is 9.80 Å². The highest BCUT2D eigenvalue weighted by molar-refractivity contribution is 6.31. The molecule has 3 aromatic rings. The number of pyridine rings is 1. The van der Waals surface area contributed by atoms with Gasteiger partial charge in [0.1, 0.15) is 17.7 Å². The Hall–Kier alpha value is -4.43. The number of nitrogens with one attached hydrogen (secondary N) is 1. The number of benzene rings is 2. The second-order valence-electron chi connectivity index (χ2n) is 11.1. The average molecular weight is 608 g/mol. The van der Waals surface area contributed by atoms with E-state index in [1.54, 1.807) is 18.2 Å². The van der Waals surface area contributed by atoms with Crippen molar-refractivity contribution >= 4 is 40.8 Å². The molecule has 2 aliphatic carbocycles. The standard InChI is InChI=1S/C31H25ClF3N5O3/c32-20-12-21(33)14-23(13-20)40(28(42)25-5-6-27(41)39(25)26-11-18(17-36)8-10-37-26)31(9-7-19-3-1-2-4-24(19)31)29(43)38-22-15-30(34,35)16-22/h1-4,8,10-14,22,25H,5-7,9,15-16H2,(H,38,43)/t25-,31-/m0/s1. The first-order chi connectivity index (χ1) is 20.5. The van der Waals surface area contributed by atoms with E-state index in [4.69, 9.17) is 11.6 Å². The fraction of sp³-hybridized carbons (Fsp3) is 0.323. The topological polar surface area (TPSA) is 106 Å². The molecule has 0 unspecified atom stereocenters. The molecule has 2 atom stereocenters. The third kappa shape index (κ3) is 4.99. The summed E-state index contributed by atoms with van der Waals surface area (Å²) in [5.41, 5.74) is -0.344. The average Bonchev–Trinajstić information content (AvgIpc) is 3.53. The SMILES string of the molecule is N#Cc1ccnc(N2C(=O)CC[C@H]2C(=O)N(c2cc(F)cc(Cl)c2)[C@@]2(C(=O)NC3CC(F)(F)C3)CCc3ccccc32)c1. The molecule has 1 saturated heterocycles. The zero-order chi connectivity index (χ0) is 30.5. The summed E-state index contributed by atoms with van der Waals surface area (Å²) >= 11 is 6.25. The van der Waals surface area contributed by atoms with E-state index in [2.05, 4.69) is 10.3 Å². The van der Waals surface area contributed by atoms with Gasteiger partial charge in [0, 0.05) is 42.2 Å². The number of nitrogens with zero attached hydrogens (tertiary/aromatic N) is 4. The second kappa shape index (κ2) is 10.7. The highest BCUT2D eigenvalue weighted by Crippen LogP contribution is 2.47. The molecule has 220 valence electrons. The number of carbonyl (C=O) groups is 3. The molecule has 1 saturated carbocycles. The van der Waals surface area contributed by atoms with E-state index in [1.807, 2.05) is 12.1 Å². The quantitative estimate of drug-likeness (QED) is 0.423. The van der Waals surface area contributed by atoms with Crippen molar-refractivity contribution < 1.29 is 27.6 Å². The maximum atomic E-state index is 14.9. The van der Waals surface area contributed by atoms with Crippen LogP contribution in [0.15, 0.2) is 60.8 Å². The van der Waals surface area contributed by atoms with Crippen molar-refractivity contribution in [3.63, 3.8) is 0 Å². The first-order valence-electron chi connectivity index (χ1n) is 13.8. The largest absolute Gasteiger partial charge is 0.351 e. The Bertz CT molecular complexity index is 1670. The highest BCUT2D eigenvalue weighted by atomic mass is 35.5. The van der Waals surface area contributed by atoms with Gasteiger partial charge in [-0.15, -0.1) is 0 Å².